The maximum absolute atomic E-state index is 2.31. The van der Waals surface area contributed by atoms with Crippen molar-refractivity contribution in [3.05, 3.63) is 0 Å². The van der Waals surface area contributed by atoms with Crippen LogP contribution in [0.2, 0.25) is 19.6 Å². The topological polar surface area (TPSA) is 0 Å². The van der Waals surface area contributed by atoms with Gasteiger partial charge in [0.1, 0.15) is 0 Å². The van der Waals surface area contributed by atoms with Gasteiger partial charge in [0.2, 0.25) is 0 Å². The summed E-state index contributed by atoms with van der Waals surface area (Å²) < 4.78 is 0. The van der Waals surface area contributed by atoms with E-state index in [1.54, 1.807) is 0 Å². The van der Waals surface area contributed by atoms with E-state index in [2.05, 4.69) is 19.6 Å². The number of hydrogen-bond donors (Lipinski definition) is 0. The molecule has 44 valence electrons. The molecule has 0 bridgehead atoms. The van der Waals surface area contributed by atoms with Crippen molar-refractivity contribution < 1.29 is 31.0 Å². The summed E-state index contributed by atoms with van der Waals surface area (Å²) in [4.78, 5) is 0. The van der Waals surface area contributed by atoms with Gasteiger partial charge in [-0.2, -0.15) is 0 Å². The minimum absolute atomic E-state index is 0. The molecule has 0 spiro atoms. The number of halogens is 2. The fourth-order valence-electron chi connectivity index (χ4n) is 0. The van der Waals surface area contributed by atoms with Gasteiger partial charge in [-0.1, -0.05) is 19.6 Å². The van der Waals surface area contributed by atoms with Crippen LogP contribution in [0, 0.1) is 0 Å². The van der Waals surface area contributed by atoms with Gasteiger partial charge in [0, 0.05) is 8.80 Å². The number of hydrogen-bond acceptors (Lipinski definition) is 0. The van der Waals surface area contributed by atoms with E-state index in [0.29, 0.717) is 0 Å². The Balaban J connectivity index is -0.00000000750. The largest absolute Gasteiger partial charge is 1.00 e. The Hall–Kier alpha value is 2.24. The monoisotopic (exact) mass is 262 g/mol. The number of rotatable bonds is 0. The van der Waals surface area contributed by atoms with Gasteiger partial charge >= 0.3 is 29.6 Å². The summed E-state index contributed by atoms with van der Waals surface area (Å²) in [6.45, 7) is 6.92. The van der Waals surface area contributed by atoms with Crippen LogP contribution in [-0.2, 0) is 0 Å². The van der Waals surface area contributed by atoms with Crippen molar-refractivity contribution >= 4 is 45.2 Å². The smallest absolute Gasteiger partial charge is 1.00 e. The average Bonchev–Trinajstić information content (AvgIpc) is 0.811. The Morgan fingerprint density at radius 3 is 1.14 bits per heavy atom. The molecule has 0 saturated heterocycles. The molecular formula is C3H13ClINaSi. The molecule has 0 fully saturated rings. The first kappa shape index (κ1) is 22.9. The van der Waals surface area contributed by atoms with E-state index in [4.69, 9.17) is 0 Å². The van der Waals surface area contributed by atoms with Crippen LogP contribution >= 0.6 is 36.4 Å². The molecule has 0 aromatic rings. The van der Waals surface area contributed by atoms with Crippen molar-refractivity contribution in [3.8, 4) is 0 Å². The summed E-state index contributed by atoms with van der Waals surface area (Å²) in [6, 6.07) is 0. The predicted octanol–water partition coefficient (Wildman–Crippen LogP) is -0.741. The third-order valence-electron chi connectivity index (χ3n) is 0. The standard InChI is InChI=1S/C3H10Si.ClH.HI.Na.H/c1-4(2)3;;;;/h4H,1-3H3;2*1H;;/q;;;+1;-1. The molecule has 4 heteroatoms. The fraction of sp³-hybridized carbons (Fsp3) is 1.00. The van der Waals surface area contributed by atoms with Crippen LogP contribution < -0.4 is 29.6 Å². The average molecular weight is 263 g/mol. The quantitative estimate of drug-likeness (QED) is 0.398. The first-order chi connectivity index (χ1) is 1.73. The molecule has 0 aliphatic carbocycles. The van der Waals surface area contributed by atoms with Crippen LogP contribution in [0.25, 0.3) is 0 Å². The molecule has 0 radical (unpaired) electrons. The van der Waals surface area contributed by atoms with E-state index >= 15 is 0 Å². The fourth-order valence-corrected chi connectivity index (χ4v) is 0. The molecular weight excluding hydrogens is 249 g/mol. The van der Waals surface area contributed by atoms with Crippen LogP contribution in [-0.4, -0.2) is 8.80 Å². The molecule has 0 unspecified atom stereocenters. The van der Waals surface area contributed by atoms with Gasteiger partial charge in [0.15, 0.2) is 0 Å². The molecule has 0 aliphatic rings. The van der Waals surface area contributed by atoms with Crippen LogP contribution in [0.5, 0.6) is 0 Å². The van der Waals surface area contributed by atoms with Crippen molar-refractivity contribution in [2.45, 2.75) is 19.6 Å². The van der Waals surface area contributed by atoms with E-state index in [9.17, 15) is 0 Å². The minimum atomic E-state index is -0.139. The molecule has 0 atom stereocenters. The van der Waals surface area contributed by atoms with Crippen LogP contribution in [0.15, 0.2) is 0 Å². The van der Waals surface area contributed by atoms with Crippen LogP contribution in [0.4, 0.5) is 0 Å². The van der Waals surface area contributed by atoms with E-state index in [-0.39, 0.29) is 76.2 Å². The SMILES string of the molecule is C[SiH](C)C.Cl.I.[H-].[Na+]. The second-order valence-electron chi connectivity index (χ2n) is 1.73. The van der Waals surface area contributed by atoms with Gasteiger partial charge in [-0.3, -0.25) is 0 Å². The maximum atomic E-state index is 2.31. The van der Waals surface area contributed by atoms with Gasteiger partial charge in [-0.25, -0.2) is 0 Å². The summed E-state index contributed by atoms with van der Waals surface area (Å²) in [5, 5.41) is 0. The Kier molecular flexibility index (Phi) is 51.3. The van der Waals surface area contributed by atoms with Crippen molar-refractivity contribution in [2.24, 2.45) is 0 Å². The summed E-state index contributed by atoms with van der Waals surface area (Å²) >= 11 is 0. The molecule has 0 aromatic carbocycles. The first-order valence-corrected chi connectivity index (χ1v) is 5.20. The van der Waals surface area contributed by atoms with Gasteiger partial charge in [-0.15, -0.1) is 36.4 Å². The van der Waals surface area contributed by atoms with Gasteiger partial charge in [-0.05, 0) is 0 Å². The van der Waals surface area contributed by atoms with Crippen LogP contribution in [0.3, 0.4) is 0 Å². The molecule has 0 saturated carbocycles. The van der Waals surface area contributed by atoms with E-state index < -0.39 is 0 Å². The maximum Gasteiger partial charge on any atom is 1.00 e. The molecule has 0 nitrogen and oxygen atoms in total. The van der Waals surface area contributed by atoms with E-state index in [0.717, 1.165) is 0 Å². The zero-order valence-electron chi connectivity index (χ0n) is 6.39. The normalized spacial score (nSPS) is 5.14. The Labute approximate surface area is 94.6 Å². The zero-order chi connectivity index (χ0) is 3.58. The van der Waals surface area contributed by atoms with Gasteiger partial charge in [0.25, 0.3) is 0 Å². The first-order valence-electron chi connectivity index (χ1n) is 1.73. The molecule has 0 aliphatic heterocycles. The zero-order valence-corrected chi connectivity index (χ0v) is 11.7. The summed E-state index contributed by atoms with van der Waals surface area (Å²) in [5.41, 5.74) is 0. The van der Waals surface area contributed by atoms with Crippen LogP contribution in [0.1, 0.15) is 1.43 Å². The molecule has 0 N–H and O–H groups in total. The van der Waals surface area contributed by atoms with Crippen molar-refractivity contribution in [1.82, 2.24) is 0 Å². The Bertz CT molecular complexity index is 24.0. The molecule has 0 amide bonds. The third-order valence-corrected chi connectivity index (χ3v) is 0. The molecule has 0 aromatic heterocycles. The Morgan fingerprint density at radius 1 is 1.14 bits per heavy atom. The second kappa shape index (κ2) is 15.7. The van der Waals surface area contributed by atoms with E-state index in [1.807, 2.05) is 0 Å². The summed E-state index contributed by atoms with van der Waals surface area (Å²) in [5.74, 6) is 0. The van der Waals surface area contributed by atoms with Crippen molar-refractivity contribution in [1.29, 1.82) is 0 Å². The molecule has 7 heavy (non-hydrogen) atoms. The predicted molar refractivity (Wildman–Crippen MR) is 48.5 cm³/mol. The van der Waals surface area contributed by atoms with Gasteiger partial charge < -0.3 is 1.43 Å². The third kappa shape index (κ3) is 64.0. The Morgan fingerprint density at radius 2 is 1.14 bits per heavy atom. The van der Waals surface area contributed by atoms with E-state index in [1.165, 1.54) is 0 Å². The van der Waals surface area contributed by atoms with Crippen molar-refractivity contribution in [2.75, 3.05) is 0 Å². The van der Waals surface area contributed by atoms with Gasteiger partial charge in [0.05, 0.1) is 0 Å². The molecule has 0 rings (SSSR count). The molecule has 0 heterocycles. The van der Waals surface area contributed by atoms with Crippen molar-refractivity contribution in [3.63, 3.8) is 0 Å². The second-order valence-corrected chi connectivity index (χ2v) is 5.20. The summed E-state index contributed by atoms with van der Waals surface area (Å²) in [7, 11) is -0.139. The summed E-state index contributed by atoms with van der Waals surface area (Å²) in [6.07, 6.45) is 0. The minimum Gasteiger partial charge on any atom is -1.00 e.